The number of likely N-dealkylation sites (N-methyl/N-ethyl adjacent to an activating group) is 1. The highest BCUT2D eigenvalue weighted by molar-refractivity contribution is 6.10. The van der Waals surface area contributed by atoms with Crippen LogP contribution in [0.15, 0.2) is 24.3 Å². The monoisotopic (exact) mass is 492 g/mol. The number of aliphatic hydroxyl groups is 1. The molecular weight excluding hydrogens is 468 g/mol. The Labute approximate surface area is 198 Å². The Balaban J connectivity index is 1.82. The van der Waals surface area contributed by atoms with Gasteiger partial charge in [-0.25, -0.2) is 8.78 Å². The second kappa shape index (κ2) is 8.42. The van der Waals surface area contributed by atoms with Crippen LogP contribution >= 0.6 is 0 Å². The summed E-state index contributed by atoms with van der Waals surface area (Å²) in [5.74, 6) is -6.44. The van der Waals surface area contributed by atoms with Gasteiger partial charge in [0.15, 0.2) is 11.4 Å². The van der Waals surface area contributed by atoms with Crippen LogP contribution in [-0.4, -0.2) is 42.0 Å². The number of ether oxygens (including phenoxy) is 1. The summed E-state index contributed by atoms with van der Waals surface area (Å²) < 4.78 is 62.6. The van der Waals surface area contributed by atoms with Crippen molar-refractivity contribution in [2.75, 3.05) is 31.0 Å². The fourth-order valence-electron chi connectivity index (χ4n) is 4.38. The molecule has 1 unspecified atom stereocenters. The molecule has 35 heavy (non-hydrogen) atoms. The maximum atomic E-state index is 15.0. The lowest BCUT2D eigenvalue weighted by Crippen LogP contribution is -2.37. The predicted octanol–water partition coefficient (Wildman–Crippen LogP) is 4.31. The van der Waals surface area contributed by atoms with Gasteiger partial charge in [0.1, 0.15) is 18.2 Å². The summed E-state index contributed by atoms with van der Waals surface area (Å²) in [6.07, 6.45) is 0. The molecule has 2 atom stereocenters. The average Bonchev–Trinajstić information content (AvgIpc) is 3.02. The van der Waals surface area contributed by atoms with Crippen LogP contribution in [-0.2, 0) is 21.1 Å². The number of carbonyl (C=O) groups is 1. The summed E-state index contributed by atoms with van der Waals surface area (Å²) in [5, 5.41) is 21.3. The second-order valence-electron chi connectivity index (χ2n) is 8.74. The highest BCUT2D eigenvalue weighted by Crippen LogP contribution is 2.45. The highest BCUT2D eigenvalue weighted by Gasteiger charge is 2.47. The minimum absolute atomic E-state index is 0.187. The SMILES string of the molecule is COC1(C)C(=O)N(C)c2cc3c(N[C@H](C)c4cc(F)cc(C(F)(F)CO)c4F)nnc(C)c3cc21. The molecule has 3 aromatic rings. The van der Waals surface area contributed by atoms with E-state index in [1.165, 1.54) is 18.9 Å². The number of carbonyl (C=O) groups excluding carboxylic acids is 1. The van der Waals surface area contributed by atoms with E-state index >= 15 is 0 Å². The molecule has 186 valence electrons. The number of rotatable bonds is 6. The van der Waals surface area contributed by atoms with Crippen molar-refractivity contribution in [3.05, 3.63) is 58.3 Å². The first-order valence-corrected chi connectivity index (χ1v) is 10.7. The first-order valence-electron chi connectivity index (χ1n) is 10.7. The van der Waals surface area contributed by atoms with Crippen molar-refractivity contribution in [3.63, 3.8) is 0 Å². The van der Waals surface area contributed by atoms with Crippen molar-refractivity contribution in [1.82, 2.24) is 10.2 Å². The first kappa shape index (κ1) is 24.8. The Bertz CT molecular complexity index is 1350. The van der Waals surface area contributed by atoms with Crippen LogP contribution < -0.4 is 10.2 Å². The Hall–Kier alpha value is -3.31. The summed E-state index contributed by atoms with van der Waals surface area (Å²) in [6.45, 7) is 3.19. The molecule has 0 spiro atoms. The molecular formula is C24H24F4N4O3. The van der Waals surface area contributed by atoms with Gasteiger partial charge in [-0.1, -0.05) is 0 Å². The molecule has 4 rings (SSSR count). The molecule has 1 aliphatic rings. The summed E-state index contributed by atoms with van der Waals surface area (Å²) in [5.41, 5.74) is -1.01. The van der Waals surface area contributed by atoms with E-state index in [-0.39, 0.29) is 17.3 Å². The topological polar surface area (TPSA) is 87.6 Å². The first-order chi connectivity index (χ1) is 16.4. The third-order valence-corrected chi connectivity index (χ3v) is 6.55. The molecule has 1 aliphatic heterocycles. The summed E-state index contributed by atoms with van der Waals surface area (Å²) in [4.78, 5) is 14.3. The zero-order valence-corrected chi connectivity index (χ0v) is 19.7. The molecule has 2 aromatic carbocycles. The normalized spacial score (nSPS) is 18.8. The number of anilines is 2. The number of aryl methyl sites for hydroxylation is 1. The second-order valence-corrected chi connectivity index (χ2v) is 8.74. The molecule has 11 heteroatoms. The number of nitrogens with one attached hydrogen (secondary N) is 1. The van der Waals surface area contributed by atoms with E-state index in [0.717, 1.165) is 6.07 Å². The van der Waals surface area contributed by atoms with Crippen LogP contribution in [0.25, 0.3) is 10.8 Å². The number of alkyl halides is 2. The standard InChI is InChI=1S/C24H24F4N4O3/c1-11(15-6-13(25)7-18(20(15)26)24(27,28)10-33)29-21-16-9-19-17(8-14(16)12(2)30-31-21)23(3,35-5)22(34)32(19)4/h6-9,11,33H,10H2,1-5H3,(H,29,31)/t11-,23?/m1/s1. The van der Waals surface area contributed by atoms with E-state index < -0.39 is 41.4 Å². The van der Waals surface area contributed by atoms with E-state index in [4.69, 9.17) is 9.84 Å². The van der Waals surface area contributed by atoms with Gasteiger partial charge in [0.2, 0.25) is 0 Å². The lowest BCUT2D eigenvalue weighted by atomic mass is 9.94. The van der Waals surface area contributed by atoms with Crippen molar-refractivity contribution in [1.29, 1.82) is 0 Å². The van der Waals surface area contributed by atoms with E-state index in [1.54, 1.807) is 33.0 Å². The predicted molar refractivity (Wildman–Crippen MR) is 121 cm³/mol. The molecule has 7 nitrogen and oxygen atoms in total. The summed E-state index contributed by atoms with van der Waals surface area (Å²) in [6, 6.07) is 3.67. The van der Waals surface area contributed by atoms with E-state index in [9.17, 15) is 22.4 Å². The van der Waals surface area contributed by atoms with Gasteiger partial charge < -0.3 is 20.1 Å². The molecule has 0 fully saturated rings. The number of fused-ring (bicyclic) bond motifs is 2. The number of halogens is 4. The number of methoxy groups -OCH3 is 1. The van der Waals surface area contributed by atoms with Crippen LogP contribution in [0.4, 0.5) is 29.1 Å². The van der Waals surface area contributed by atoms with E-state index in [0.29, 0.717) is 33.8 Å². The number of nitrogens with zero attached hydrogens (tertiary/aromatic N) is 3. The third-order valence-electron chi connectivity index (χ3n) is 6.55. The van der Waals surface area contributed by atoms with Crippen LogP contribution in [0.1, 0.15) is 42.3 Å². The number of aromatic nitrogens is 2. The van der Waals surface area contributed by atoms with Crippen molar-refractivity contribution >= 4 is 28.2 Å². The van der Waals surface area contributed by atoms with Gasteiger partial charge in [-0.2, -0.15) is 13.9 Å². The van der Waals surface area contributed by atoms with Gasteiger partial charge in [-0.3, -0.25) is 4.79 Å². The zero-order valence-electron chi connectivity index (χ0n) is 19.7. The Kier molecular flexibility index (Phi) is 5.97. The minimum Gasteiger partial charge on any atom is -0.390 e. The molecule has 0 aliphatic carbocycles. The van der Waals surface area contributed by atoms with Crippen molar-refractivity contribution in [2.24, 2.45) is 0 Å². The minimum atomic E-state index is -3.96. The van der Waals surface area contributed by atoms with Crippen LogP contribution in [0, 0.1) is 18.6 Å². The van der Waals surface area contributed by atoms with Crippen molar-refractivity contribution in [2.45, 2.75) is 38.3 Å². The number of hydrogen-bond donors (Lipinski definition) is 2. The molecule has 0 radical (unpaired) electrons. The highest BCUT2D eigenvalue weighted by atomic mass is 19.3. The van der Waals surface area contributed by atoms with Crippen LogP contribution in [0.5, 0.6) is 0 Å². The number of amides is 1. The molecule has 1 aromatic heterocycles. The van der Waals surface area contributed by atoms with Gasteiger partial charge in [0.25, 0.3) is 11.8 Å². The zero-order chi connectivity index (χ0) is 25.9. The fraction of sp³-hybridized carbons (Fsp3) is 0.375. The van der Waals surface area contributed by atoms with Crippen LogP contribution in [0.2, 0.25) is 0 Å². The Morgan fingerprint density at radius 2 is 1.89 bits per heavy atom. The van der Waals surface area contributed by atoms with E-state index in [1.807, 2.05) is 0 Å². The number of benzene rings is 2. The number of hydrogen-bond acceptors (Lipinski definition) is 6. The quantitative estimate of drug-likeness (QED) is 0.499. The Morgan fingerprint density at radius 3 is 2.51 bits per heavy atom. The van der Waals surface area contributed by atoms with Gasteiger partial charge in [0.05, 0.1) is 23.0 Å². The maximum absolute atomic E-state index is 15.0. The third kappa shape index (κ3) is 3.79. The number of aliphatic hydroxyl groups excluding tert-OH is 1. The molecule has 0 bridgehead atoms. The lowest BCUT2D eigenvalue weighted by Gasteiger charge is -2.22. The maximum Gasteiger partial charge on any atom is 0.298 e. The average molecular weight is 492 g/mol. The van der Waals surface area contributed by atoms with Crippen LogP contribution in [0.3, 0.4) is 0 Å². The molecule has 2 N–H and O–H groups in total. The largest absolute Gasteiger partial charge is 0.390 e. The molecule has 0 saturated carbocycles. The smallest absolute Gasteiger partial charge is 0.298 e. The van der Waals surface area contributed by atoms with Gasteiger partial charge in [-0.05, 0) is 45.0 Å². The van der Waals surface area contributed by atoms with E-state index in [2.05, 4.69) is 15.5 Å². The van der Waals surface area contributed by atoms with Gasteiger partial charge in [0, 0.05) is 36.1 Å². The summed E-state index contributed by atoms with van der Waals surface area (Å²) >= 11 is 0. The lowest BCUT2D eigenvalue weighted by molar-refractivity contribution is -0.137. The van der Waals surface area contributed by atoms with Gasteiger partial charge >= 0.3 is 0 Å². The molecule has 2 heterocycles. The Morgan fingerprint density at radius 1 is 1.20 bits per heavy atom. The van der Waals surface area contributed by atoms with Crippen molar-refractivity contribution in [3.8, 4) is 0 Å². The van der Waals surface area contributed by atoms with Crippen molar-refractivity contribution < 1.29 is 32.2 Å². The summed E-state index contributed by atoms with van der Waals surface area (Å²) in [7, 11) is 3.05. The molecule has 0 saturated heterocycles. The fourth-order valence-corrected chi connectivity index (χ4v) is 4.38. The van der Waals surface area contributed by atoms with Gasteiger partial charge in [-0.15, -0.1) is 5.10 Å². The molecule has 1 amide bonds.